The molecule has 1 saturated carbocycles. The van der Waals surface area contributed by atoms with Crippen LogP contribution in [0.25, 0.3) is 0 Å². The molecule has 0 aromatic carbocycles. The van der Waals surface area contributed by atoms with Crippen molar-refractivity contribution in [2.24, 2.45) is 11.3 Å². The third kappa shape index (κ3) is 4.34. The molecule has 0 aromatic heterocycles. The van der Waals surface area contributed by atoms with Gasteiger partial charge in [0.15, 0.2) is 0 Å². The fraction of sp³-hybridized carbons (Fsp3) is 0.933. The van der Waals surface area contributed by atoms with Crippen LogP contribution in [0.1, 0.15) is 45.4 Å². The topological polar surface area (TPSA) is 50.4 Å². The molecule has 0 spiro atoms. The van der Waals surface area contributed by atoms with Gasteiger partial charge in [0.05, 0.1) is 12.0 Å². The zero-order valence-corrected chi connectivity index (χ0v) is 13.6. The van der Waals surface area contributed by atoms with E-state index in [2.05, 4.69) is 17.6 Å². The quantitative estimate of drug-likeness (QED) is 0.836. The van der Waals surface area contributed by atoms with Crippen molar-refractivity contribution in [2.75, 3.05) is 26.8 Å². The lowest BCUT2D eigenvalue weighted by Crippen LogP contribution is -2.53. The lowest BCUT2D eigenvalue weighted by atomic mass is 9.78. The summed E-state index contributed by atoms with van der Waals surface area (Å²) in [6.07, 6.45) is 6.58. The highest BCUT2D eigenvalue weighted by Crippen LogP contribution is 2.31. The molecule has 2 atom stereocenters. The van der Waals surface area contributed by atoms with Crippen LogP contribution in [0.15, 0.2) is 0 Å². The van der Waals surface area contributed by atoms with Gasteiger partial charge in [0.25, 0.3) is 0 Å². The number of methoxy groups -OCH3 is 1. The van der Waals surface area contributed by atoms with Crippen molar-refractivity contribution < 1.29 is 9.53 Å². The molecule has 5 heteroatoms. The van der Waals surface area contributed by atoms with Gasteiger partial charge in [-0.25, -0.2) is 0 Å². The first-order chi connectivity index (χ1) is 9.16. The molecule has 2 unspecified atom stereocenters. The molecule has 1 heterocycles. The zero-order chi connectivity index (χ0) is 13.7. The highest BCUT2D eigenvalue weighted by Gasteiger charge is 2.40. The van der Waals surface area contributed by atoms with E-state index in [4.69, 9.17) is 4.74 Å². The van der Waals surface area contributed by atoms with Crippen LogP contribution in [0.3, 0.4) is 0 Å². The second kappa shape index (κ2) is 8.20. The number of rotatable bonds is 4. The van der Waals surface area contributed by atoms with Crippen molar-refractivity contribution in [3.05, 3.63) is 0 Å². The molecule has 1 aliphatic heterocycles. The van der Waals surface area contributed by atoms with Gasteiger partial charge in [-0.3, -0.25) is 4.79 Å². The molecule has 4 nitrogen and oxygen atoms in total. The van der Waals surface area contributed by atoms with Gasteiger partial charge in [-0.15, -0.1) is 12.4 Å². The Kier molecular flexibility index (Phi) is 7.27. The van der Waals surface area contributed by atoms with E-state index < -0.39 is 0 Å². The first kappa shape index (κ1) is 17.7. The molecule has 1 amide bonds. The normalized spacial score (nSPS) is 29.3. The van der Waals surface area contributed by atoms with Gasteiger partial charge in [-0.1, -0.05) is 19.8 Å². The summed E-state index contributed by atoms with van der Waals surface area (Å²) in [6.45, 7) is 4.66. The smallest absolute Gasteiger partial charge is 0.228 e. The number of nitrogens with one attached hydrogen (secondary N) is 2. The summed E-state index contributed by atoms with van der Waals surface area (Å²) in [7, 11) is 1.69. The molecule has 0 aromatic rings. The van der Waals surface area contributed by atoms with Crippen molar-refractivity contribution in [1.29, 1.82) is 0 Å². The van der Waals surface area contributed by atoms with Crippen LogP contribution in [0, 0.1) is 11.3 Å². The van der Waals surface area contributed by atoms with E-state index in [1.807, 2.05) is 0 Å². The maximum atomic E-state index is 12.7. The lowest BCUT2D eigenvalue weighted by molar-refractivity contribution is -0.137. The monoisotopic (exact) mass is 304 g/mol. The van der Waals surface area contributed by atoms with E-state index in [1.165, 1.54) is 12.8 Å². The Balaban J connectivity index is 0.00000200. The van der Waals surface area contributed by atoms with Gasteiger partial charge in [-0.2, -0.15) is 0 Å². The van der Waals surface area contributed by atoms with Crippen molar-refractivity contribution in [2.45, 2.75) is 51.5 Å². The summed E-state index contributed by atoms with van der Waals surface area (Å²) in [5.74, 6) is 0.959. The number of hydrogen-bond acceptors (Lipinski definition) is 3. The Bertz CT molecular complexity index is 301. The second-order valence-electron chi connectivity index (χ2n) is 6.41. The van der Waals surface area contributed by atoms with E-state index in [1.54, 1.807) is 7.11 Å². The van der Waals surface area contributed by atoms with Gasteiger partial charge in [0, 0.05) is 13.2 Å². The maximum absolute atomic E-state index is 12.7. The summed E-state index contributed by atoms with van der Waals surface area (Å²) >= 11 is 0. The standard InChI is InChI=1S/C15H28N2O2.ClH/c1-12-4-3-5-13(10-12)17-14(18)15(11-19-2)6-8-16-9-7-15;/h12-13,16H,3-11H2,1-2H3,(H,17,18);1H. The van der Waals surface area contributed by atoms with Crippen molar-refractivity contribution in [3.8, 4) is 0 Å². The Morgan fingerprint density at radius 3 is 2.65 bits per heavy atom. The van der Waals surface area contributed by atoms with Crippen LogP contribution in [0.5, 0.6) is 0 Å². The first-order valence-corrected chi connectivity index (χ1v) is 7.67. The van der Waals surface area contributed by atoms with E-state index >= 15 is 0 Å². The maximum Gasteiger partial charge on any atom is 0.228 e. The molecule has 1 aliphatic carbocycles. The molecule has 2 fully saturated rings. The third-order valence-corrected chi connectivity index (χ3v) is 4.73. The molecule has 0 bridgehead atoms. The summed E-state index contributed by atoms with van der Waals surface area (Å²) in [5.41, 5.74) is -0.305. The van der Waals surface area contributed by atoms with Gasteiger partial charge >= 0.3 is 0 Å². The van der Waals surface area contributed by atoms with E-state index in [0.29, 0.717) is 12.6 Å². The predicted octanol–water partition coefficient (Wildman–Crippen LogP) is 2.12. The van der Waals surface area contributed by atoms with Gasteiger partial charge in [0.1, 0.15) is 0 Å². The predicted molar refractivity (Wildman–Crippen MR) is 83.2 cm³/mol. The van der Waals surface area contributed by atoms with Crippen LogP contribution >= 0.6 is 12.4 Å². The van der Waals surface area contributed by atoms with Gasteiger partial charge in [-0.05, 0) is 44.7 Å². The molecular formula is C15H29ClN2O2. The average molecular weight is 305 g/mol. The number of carbonyl (C=O) groups is 1. The number of amides is 1. The summed E-state index contributed by atoms with van der Waals surface area (Å²) in [4.78, 5) is 12.7. The van der Waals surface area contributed by atoms with Crippen molar-refractivity contribution in [1.82, 2.24) is 10.6 Å². The number of halogens is 1. The Hall–Kier alpha value is -0.320. The van der Waals surface area contributed by atoms with E-state index in [9.17, 15) is 4.79 Å². The number of piperidine rings is 1. The summed E-state index contributed by atoms with van der Waals surface area (Å²) in [6, 6.07) is 0.375. The molecular weight excluding hydrogens is 276 g/mol. The van der Waals surface area contributed by atoms with Crippen LogP contribution in [-0.2, 0) is 9.53 Å². The minimum absolute atomic E-state index is 0. The summed E-state index contributed by atoms with van der Waals surface area (Å²) < 4.78 is 5.33. The zero-order valence-electron chi connectivity index (χ0n) is 12.7. The molecule has 20 heavy (non-hydrogen) atoms. The van der Waals surface area contributed by atoms with Crippen LogP contribution < -0.4 is 10.6 Å². The Morgan fingerprint density at radius 2 is 2.05 bits per heavy atom. The van der Waals surface area contributed by atoms with Crippen LogP contribution in [-0.4, -0.2) is 38.8 Å². The third-order valence-electron chi connectivity index (χ3n) is 4.73. The molecule has 0 radical (unpaired) electrons. The van der Waals surface area contributed by atoms with Crippen molar-refractivity contribution in [3.63, 3.8) is 0 Å². The number of carbonyl (C=O) groups excluding carboxylic acids is 1. The van der Waals surface area contributed by atoms with Crippen LogP contribution in [0.4, 0.5) is 0 Å². The molecule has 2 aliphatic rings. The minimum atomic E-state index is -0.305. The fourth-order valence-corrected chi connectivity index (χ4v) is 3.52. The minimum Gasteiger partial charge on any atom is -0.384 e. The summed E-state index contributed by atoms with van der Waals surface area (Å²) in [5, 5.41) is 6.63. The van der Waals surface area contributed by atoms with Crippen molar-refractivity contribution >= 4 is 18.3 Å². The number of hydrogen-bond donors (Lipinski definition) is 2. The highest BCUT2D eigenvalue weighted by atomic mass is 35.5. The van der Waals surface area contributed by atoms with Crippen LogP contribution in [0.2, 0.25) is 0 Å². The van der Waals surface area contributed by atoms with E-state index in [-0.39, 0.29) is 23.7 Å². The Morgan fingerprint density at radius 1 is 1.35 bits per heavy atom. The first-order valence-electron chi connectivity index (χ1n) is 7.67. The fourth-order valence-electron chi connectivity index (χ4n) is 3.52. The average Bonchev–Trinajstić information content (AvgIpc) is 2.40. The molecule has 2 N–H and O–H groups in total. The molecule has 2 rings (SSSR count). The SMILES string of the molecule is COCC1(C(=O)NC2CCCC(C)C2)CCNCC1.Cl. The Labute approximate surface area is 128 Å². The van der Waals surface area contributed by atoms with Gasteiger partial charge < -0.3 is 15.4 Å². The molecule has 1 saturated heterocycles. The van der Waals surface area contributed by atoms with E-state index in [0.717, 1.165) is 44.7 Å². The lowest BCUT2D eigenvalue weighted by Gasteiger charge is -2.38. The largest absolute Gasteiger partial charge is 0.384 e. The number of ether oxygens (including phenoxy) is 1. The van der Waals surface area contributed by atoms with Gasteiger partial charge in [0.2, 0.25) is 5.91 Å². The second-order valence-corrected chi connectivity index (χ2v) is 6.41. The highest BCUT2D eigenvalue weighted by molar-refractivity contribution is 5.85. The molecule has 118 valence electrons.